The maximum atomic E-state index is 10.5. The molecule has 0 atom stereocenters. The molecule has 0 aliphatic carbocycles. The first kappa shape index (κ1) is 9.19. The Bertz CT molecular complexity index is 356. The van der Waals surface area contributed by atoms with E-state index in [1.807, 2.05) is 0 Å². The van der Waals surface area contributed by atoms with Crippen LogP contribution in [0.2, 0.25) is 0 Å². The van der Waals surface area contributed by atoms with Crippen LogP contribution in [0, 0.1) is 5.41 Å². The molecule has 66 valence electrons. The molecular formula is C10H9NO2. The average Bonchev–Trinajstić information content (AvgIpc) is 2.18. The Balaban J connectivity index is 3.20. The lowest BCUT2D eigenvalue weighted by atomic mass is 10.1. The predicted octanol–water partition coefficient (Wildman–Crippen LogP) is 2.05. The van der Waals surface area contributed by atoms with Gasteiger partial charge in [-0.15, -0.1) is 0 Å². The number of nitrogens with one attached hydrogen (secondary N) is 1. The van der Waals surface area contributed by atoms with E-state index in [4.69, 9.17) is 5.41 Å². The third-order valence-corrected chi connectivity index (χ3v) is 1.60. The summed E-state index contributed by atoms with van der Waals surface area (Å²) in [6, 6.07) is 6.66. The molecule has 1 aromatic rings. The van der Waals surface area contributed by atoms with Crippen LogP contribution in [0.4, 0.5) is 0 Å². The summed E-state index contributed by atoms with van der Waals surface area (Å²) < 4.78 is 0. The molecule has 0 aliphatic rings. The van der Waals surface area contributed by atoms with Crippen molar-refractivity contribution in [3.05, 3.63) is 41.5 Å². The number of benzene rings is 1. The number of aliphatic hydroxyl groups excluding tert-OH is 1. The first-order valence-electron chi connectivity index (χ1n) is 3.74. The van der Waals surface area contributed by atoms with E-state index in [1.165, 1.54) is 6.08 Å². The fraction of sp³-hybridized carbons (Fsp3) is 0. The zero-order valence-corrected chi connectivity index (χ0v) is 6.90. The van der Waals surface area contributed by atoms with Crippen molar-refractivity contribution in [1.82, 2.24) is 0 Å². The Kier molecular flexibility index (Phi) is 2.97. The van der Waals surface area contributed by atoms with Gasteiger partial charge in [-0.1, -0.05) is 24.3 Å². The molecule has 0 aromatic heterocycles. The van der Waals surface area contributed by atoms with Crippen LogP contribution < -0.4 is 0 Å². The summed E-state index contributed by atoms with van der Waals surface area (Å²) in [4.78, 5) is 10.5. The molecule has 0 saturated carbocycles. The fourth-order valence-corrected chi connectivity index (χ4v) is 1.00. The van der Waals surface area contributed by atoms with Gasteiger partial charge in [-0.25, -0.2) is 0 Å². The van der Waals surface area contributed by atoms with Crippen LogP contribution in [-0.4, -0.2) is 17.6 Å². The molecule has 13 heavy (non-hydrogen) atoms. The van der Waals surface area contributed by atoms with Gasteiger partial charge in [-0.05, 0) is 6.08 Å². The maximum absolute atomic E-state index is 10.5. The number of carbonyl (C=O) groups excluding carboxylic acids is 1. The van der Waals surface area contributed by atoms with Gasteiger partial charge >= 0.3 is 0 Å². The number of aliphatic hydroxyl groups is 1. The largest absolute Gasteiger partial charge is 0.507 e. The minimum absolute atomic E-state index is 0.0716. The Hall–Kier alpha value is -1.90. The molecule has 0 spiro atoms. The summed E-state index contributed by atoms with van der Waals surface area (Å²) in [5.74, 6) is -0.0716. The molecule has 0 radical (unpaired) electrons. The standard InChI is InChI=1S/C10H9NO2/c11-6-5-10(13)9-4-2-1-3-8(9)7-12/h1-7,11,13H/b10-5-,11-6?. The lowest BCUT2D eigenvalue weighted by Crippen LogP contribution is -1.90. The molecule has 1 aromatic carbocycles. The highest BCUT2D eigenvalue weighted by Gasteiger charge is 2.03. The highest BCUT2D eigenvalue weighted by molar-refractivity contribution is 5.87. The SMILES string of the molecule is N=C/C=C(\O)c1ccccc1C=O. The third-order valence-electron chi connectivity index (χ3n) is 1.60. The van der Waals surface area contributed by atoms with Gasteiger partial charge in [0.25, 0.3) is 0 Å². The molecule has 0 heterocycles. The van der Waals surface area contributed by atoms with Gasteiger partial charge in [-0.3, -0.25) is 4.79 Å². The van der Waals surface area contributed by atoms with E-state index in [0.29, 0.717) is 17.4 Å². The summed E-state index contributed by atoms with van der Waals surface area (Å²) in [5.41, 5.74) is 0.860. The summed E-state index contributed by atoms with van der Waals surface area (Å²) in [5, 5.41) is 16.1. The smallest absolute Gasteiger partial charge is 0.150 e. The topological polar surface area (TPSA) is 61.1 Å². The van der Waals surface area contributed by atoms with Crippen LogP contribution in [0.3, 0.4) is 0 Å². The summed E-state index contributed by atoms with van der Waals surface area (Å²) in [6.07, 6.45) is 2.86. The van der Waals surface area contributed by atoms with E-state index in [9.17, 15) is 9.90 Å². The van der Waals surface area contributed by atoms with Gasteiger partial charge in [0.05, 0.1) is 0 Å². The van der Waals surface area contributed by atoms with Crippen molar-refractivity contribution in [1.29, 1.82) is 5.41 Å². The molecule has 0 saturated heterocycles. The highest BCUT2D eigenvalue weighted by Crippen LogP contribution is 2.14. The van der Waals surface area contributed by atoms with Gasteiger partial charge in [0.1, 0.15) is 5.76 Å². The van der Waals surface area contributed by atoms with Crippen LogP contribution in [0.1, 0.15) is 15.9 Å². The van der Waals surface area contributed by atoms with E-state index in [-0.39, 0.29) is 5.76 Å². The minimum atomic E-state index is -0.0716. The molecule has 3 nitrogen and oxygen atoms in total. The van der Waals surface area contributed by atoms with Crippen LogP contribution in [0.5, 0.6) is 0 Å². The van der Waals surface area contributed by atoms with E-state index in [1.54, 1.807) is 24.3 Å². The fourth-order valence-electron chi connectivity index (χ4n) is 1.00. The molecule has 1 rings (SSSR count). The van der Waals surface area contributed by atoms with Crippen molar-refractivity contribution in [3.63, 3.8) is 0 Å². The second-order valence-electron chi connectivity index (χ2n) is 2.42. The van der Waals surface area contributed by atoms with Crippen molar-refractivity contribution in [2.24, 2.45) is 0 Å². The lowest BCUT2D eigenvalue weighted by molar-refractivity contribution is 0.112. The minimum Gasteiger partial charge on any atom is -0.507 e. The molecule has 2 N–H and O–H groups in total. The van der Waals surface area contributed by atoms with Gasteiger partial charge < -0.3 is 10.5 Å². The third kappa shape index (κ3) is 2.02. The van der Waals surface area contributed by atoms with Crippen molar-refractivity contribution < 1.29 is 9.90 Å². The molecular weight excluding hydrogens is 166 g/mol. The molecule has 0 fully saturated rings. The number of hydrogen-bond donors (Lipinski definition) is 2. The first-order chi connectivity index (χ1) is 6.29. The van der Waals surface area contributed by atoms with Crippen molar-refractivity contribution in [2.45, 2.75) is 0 Å². The number of carbonyl (C=O) groups is 1. The zero-order chi connectivity index (χ0) is 9.68. The Morgan fingerprint density at radius 1 is 1.38 bits per heavy atom. The monoisotopic (exact) mass is 175 g/mol. The van der Waals surface area contributed by atoms with Crippen molar-refractivity contribution in [2.75, 3.05) is 0 Å². The number of hydrogen-bond acceptors (Lipinski definition) is 3. The number of rotatable bonds is 3. The van der Waals surface area contributed by atoms with Gasteiger partial charge in [-0.2, -0.15) is 0 Å². The molecule has 0 amide bonds. The van der Waals surface area contributed by atoms with Crippen molar-refractivity contribution in [3.8, 4) is 0 Å². The van der Waals surface area contributed by atoms with Crippen LogP contribution in [-0.2, 0) is 0 Å². The zero-order valence-electron chi connectivity index (χ0n) is 6.90. The normalized spacial score (nSPS) is 10.9. The van der Waals surface area contributed by atoms with Crippen molar-refractivity contribution >= 4 is 18.3 Å². The van der Waals surface area contributed by atoms with E-state index < -0.39 is 0 Å². The Morgan fingerprint density at radius 2 is 2.08 bits per heavy atom. The van der Waals surface area contributed by atoms with Gasteiger partial charge in [0, 0.05) is 17.3 Å². The van der Waals surface area contributed by atoms with Crippen LogP contribution in [0.25, 0.3) is 5.76 Å². The van der Waals surface area contributed by atoms with Crippen LogP contribution >= 0.6 is 0 Å². The van der Waals surface area contributed by atoms with E-state index in [0.717, 1.165) is 6.21 Å². The molecule has 0 aliphatic heterocycles. The summed E-state index contributed by atoms with van der Waals surface area (Å²) in [7, 11) is 0. The molecule has 3 heteroatoms. The molecule has 0 unspecified atom stereocenters. The van der Waals surface area contributed by atoms with Crippen LogP contribution in [0.15, 0.2) is 30.3 Å². The average molecular weight is 175 g/mol. The lowest BCUT2D eigenvalue weighted by Gasteiger charge is -2.01. The summed E-state index contributed by atoms with van der Waals surface area (Å²) in [6.45, 7) is 0. The number of allylic oxidation sites excluding steroid dienone is 1. The van der Waals surface area contributed by atoms with Gasteiger partial charge in [0.2, 0.25) is 0 Å². The maximum Gasteiger partial charge on any atom is 0.150 e. The first-order valence-corrected chi connectivity index (χ1v) is 3.74. The number of aldehydes is 1. The predicted molar refractivity (Wildman–Crippen MR) is 51.2 cm³/mol. The summed E-state index contributed by atoms with van der Waals surface area (Å²) >= 11 is 0. The second-order valence-corrected chi connectivity index (χ2v) is 2.42. The van der Waals surface area contributed by atoms with Gasteiger partial charge in [0.15, 0.2) is 6.29 Å². The highest BCUT2D eigenvalue weighted by atomic mass is 16.3. The quantitative estimate of drug-likeness (QED) is 0.419. The molecule has 0 bridgehead atoms. The second kappa shape index (κ2) is 4.21. The van der Waals surface area contributed by atoms with E-state index in [2.05, 4.69) is 0 Å². The van der Waals surface area contributed by atoms with E-state index >= 15 is 0 Å². The Labute approximate surface area is 75.8 Å². The Morgan fingerprint density at radius 3 is 2.69 bits per heavy atom.